The number of rotatable bonds is 3. The van der Waals surface area contributed by atoms with Crippen LogP contribution in [0.5, 0.6) is 0 Å². The molecule has 1 aromatic carbocycles. The number of aryl methyl sites for hydroxylation is 2. The smallest absolute Gasteiger partial charge is 0.362 e. The van der Waals surface area contributed by atoms with Gasteiger partial charge in [-0.15, -0.1) is 0 Å². The van der Waals surface area contributed by atoms with Crippen molar-refractivity contribution in [2.24, 2.45) is 10.1 Å². The Kier molecular flexibility index (Phi) is 4.35. The van der Waals surface area contributed by atoms with Crippen molar-refractivity contribution in [3.05, 3.63) is 34.4 Å². The Hall–Kier alpha value is -2.17. The summed E-state index contributed by atoms with van der Waals surface area (Å²) in [5.41, 5.74) is 4.12. The number of ether oxygens (including phenoxy) is 1. The monoisotopic (exact) mass is 302 g/mol. The largest absolute Gasteiger partial charge is 0.461 e. The van der Waals surface area contributed by atoms with Gasteiger partial charge in [0, 0.05) is 5.56 Å². The molecule has 1 aromatic rings. The maximum atomic E-state index is 12.1. The second-order valence-corrected chi connectivity index (χ2v) is 6.21. The van der Waals surface area contributed by atoms with Crippen molar-refractivity contribution in [3.63, 3.8) is 0 Å². The molecule has 0 saturated carbocycles. The average molecular weight is 302 g/mol. The van der Waals surface area contributed by atoms with Crippen LogP contribution in [0.25, 0.3) is 0 Å². The van der Waals surface area contributed by atoms with Crippen LogP contribution in [0.2, 0.25) is 0 Å². The molecule has 0 fully saturated rings. The Labute approximate surface area is 130 Å². The molecule has 1 aliphatic rings. The molecular weight excluding hydrogens is 280 g/mol. The molecule has 0 aromatic heterocycles. The van der Waals surface area contributed by atoms with Crippen molar-refractivity contribution in [1.82, 2.24) is 0 Å². The number of aliphatic imine (C=N–C) groups is 1. The Morgan fingerprint density at radius 2 is 2.00 bits per heavy atom. The van der Waals surface area contributed by atoms with E-state index in [9.17, 15) is 10.0 Å². The van der Waals surface area contributed by atoms with Gasteiger partial charge < -0.3 is 9.94 Å². The molecule has 2 rings (SSSR count). The van der Waals surface area contributed by atoms with Crippen LogP contribution in [-0.2, 0) is 16.0 Å². The van der Waals surface area contributed by atoms with Gasteiger partial charge in [0.05, 0.1) is 12.1 Å². The molecule has 5 nitrogen and oxygen atoms in total. The second kappa shape index (κ2) is 5.91. The summed E-state index contributed by atoms with van der Waals surface area (Å²) in [6, 6.07) is 4.10. The third-order valence-electron chi connectivity index (χ3n) is 3.81. The number of oxime groups is 1. The molecule has 0 spiro atoms. The maximum Gasteiger partial charge on any atom is 0.362 e. The quantitative estimate of drug-likeness (QED) is 0.404. The first kappa shape index (κ1) is 16.2. The lowest BCUT2D eigenvalue weighted by atomic mass is 9.83. The van der Waals surface area contributed by atoms with E-state index in [1.165, 1.54) is 5.56 Å². The lowest BCUT2D eigenvalue weighted by Crippen LogP contribution is -2.36. The number of carbonyl (C=O) groups excluding carboxylic acids is 1. The van der Waals surface area contributed by atoms with E-state index < -0.39 is 5.97 Å². The Bertz CT molecular complexity index is 673. The van der Waals surface area contributed by atoms with Gasteiger partial charge in [-0.25, -0.2) is 4.79 Å². The van der Waals surface area contributed by atoms with Crippen LogP contribution in [0.1, 0.15) is 43.0 Å². The van der Waals surface area contributed by atoms with E-state index in [0.29, 0.717) is 5.71 Å². The molecule has 0 saturated heterocycles. The molecule has 0 radical (unpaired) electrons. The standard InChI is InChI=1S/C17H22N2O3/c1-6-22-16(20)15(19-21)14-13-8-11(3)10(2)7-12(13)9-17(4,5)18-14/h7-8,21H,6,9H2,1-5H3/b19-15-. The molecule has 0 amide bonds. The van der Waals surface area contributed by atoms with Gasteiger partial charge in [0.15, 0.2) is 0 Å². The van der Waals surface area contributed by atoms with Crippen molar-refractivity contribution in [2.75, 3.05) is 6.61 Å². The highest BCUT2D eigenvalue weighted by Crippen LogP contribution is 2.29. The molecule has 0 aliphatic carbocycles. The van der Waals surface area contributed by atoms with Gasteiger partial charge in [0.2, 0.25) is 5.71 Å². The minimum absolute atomic E-state index is 0.140. The van der Waals surface area contributed by atoms with Crippen molar-refractivity contribution >= 4 is 17.4 Å². The molecule has 5 heteroatoms. The van der Waals surface area contributed by atoms with Crippen molar-refractivity contribution < 1.29 is 14.7 Å². The Morgan fingerprint density at radius 3 is 2.59 bits per heavy atom. The lowest BCUT2D eigenvalue weighted by molar-refractivity contribution is -0.134. The lowest BCUT2D eigenvalue weighted by Gasteiger charge is -2.29. The van der Waals surface area contributed by atoms with Crippen molar-refractivity contribution in [2.45, 2.75) is 46.6 Å². The van der Waals surface area contributed by atoms with Crippen LogP contribution in [0.3, 0.4) is 0 Å². The summed E-state index contributed by atoms with van der Waals surface area (Å²) in [4.78, 5) is 16.7. The molecule has 0 atom stereocenters. The average Bonchev–Trinajstić information content (AvgIpc) is 2.41. The number of hydrogen-bond donors (Lipinski definition) is 1. The summed E-state index contributed by atoms with van der Waals surface area (Å²) in [6.45, 7) is 9.97. The highest BCUT2D eigenvalue weighted by Gasteiger charge is 2.32. The van der Waals surface area contributed by atoms with E-state index in [0.717, 1.165) is 23.1 Å². The van der Waals surface area contributed by atoms with E-state index in [4.69, 9.17) is 4.74 Å². The SMILES string of the molecule is CCOC(=O)/C(=N\O)C1=NC(C)(C)Cc2cc(C)c(C)cc21. The number of fused-ring (bicyclic) bond motifs is 1. The number of nitrogens with zero attached hydrogens (tertiary/aromatic N) is 2. The first-order chi connectivity index (χ1) is 10.3. The van der Waals surface area contributed by atoms with E-state index in [2.05, 4.69) is 23.1 Å². The molecule has 0 unspecified atom stereocenters. The van der Waals surface area contributed by atoms with Crippen LogP contribution < -0.4 is 0 Å². The topological polar surface area (TPSA) is 71.2 Å². The van der Waals surface area contributed by atoms with E-state index in [-0.39, 0.29) is 17.9 Å². The number of esters is 1. The van der Waals surface area contributed by atoms with Gasteiger partial charge in [-0.1, -0.05) is 11.2 Å². The summed E-state index contributed by atoms with van der Waals surface area (Å²) in [5.74, 6) is -0.661. The van der Waals surface area contributed by atoms with Gasteiger partial charge in [-0.2, -0.15) is 0 Å². The van der Waals surface area contributed by atoms with E-state index >= 15 is 0 Å². The third-order valence-corrected chi connectivity index (χ3v) is 3.81. The Balaban J connectivity index is 2.61. The van der Waals surface area contributed by atoms with Gasteiger partial charge in [-0.3, -0.25) is 4.99 Å². The minimum Gasteiger partial charge on any atom is -0.461 e. The second-order valence-electron chi connectivity index (χ2n) is 6.21. The summed E-state index contributed by atoms with van der Waals surface area (Å²) in [6.07, 6.45) is 0.772. The summed E-state index contributed by atoms with van der Waals surface area (Å²) >= 11 is 0. The van der Waals surface area contributed by atoms with Crippen LogP contribution in [-0.4, -0.2) is 34.7 Å². The summed E-state index contributed by atoms with van der Waals surface area (Å²) in [5, 5.41) is 12.5. The fourth-order valence-corrected chi connectivity index (χ4v) is 2.68. The number of hydrogen-bond acceptors (Lipinski definition) is 5. The molecule has 1 aliphatic heterocycles. The maximum absolute atomic E-state index is 12.1. The summed E-state index contributed by atoms with van der Waals surface area (Å²) < 4.78 is 4.97. The Morgan fingerprint density at radius 1 is 1.36 bits per heavy atom. The summed E-state index contributed by atoms with van der Waals surface area (Å²) in [7, 11) is 0. The highest BCUT2D eigenvalue weighted by atomic mass is 16.5. The van der Waals surface area contributed by atoms with Crippen LogP contribution in [0, 0.1) is 13.8 Å². The van der Waals surface area contributed by atoms with Gasteiger partial charge in [0.1, 0.15) is 5.71 Å². The zero-order chi connectivity index (χ0) is 16.5. The van der Waals surface area contributed by atoms with Crippen molar-refractivity contribution in [1.29, 1.82) is 0 Å². The first-order valence-electron chi connectivity index (χ1n) is 7.39. The third kappa shape index (κ3) is 3.03. The zero-order valence-corrected chi connectivity index (χ0v) is 13.7. The van der Waals surface area contributed by atoms with Crippen molar-refractivity contribution in [3.8, 4) is 0 Å². The molecule has 22 heavy (non-hydrogen) atoms. The van der Waals surface area contributed by atoms with Gasteiger partial charge in [-0.05, 0) is 63.8 Å². The van der Waals surface area contributed by atoms with E-state index in [1.807, 2.05) is 26.8 Å². The van der Waals surface area contributed by atoms with Crippen LogP contribution >= 0.6 is 0 Å². The fourth-order valence-electron chi connectivity index (χ4n) is 2.68. The normalized spacial score (nSPS) is 16.8. The number of carbonyl (C=O) groups is 1. The molecule has 1 heterocycles. The van der Waals surface area contributed by atoms with Crippen LogP contribution in [0.15, 0.2) is 22.3 Å². The molecule has 0 bridgehead atoms. The van der Waals surface area contributed by atoms with Gasteiger partial charge >= 0.3 is 5.97 Å². The molecule has 118 valence electrons. The zero-order valence-electron chi connectivity index (χ0n) is 13.7. The first-order valence-corrected chi connectivity index (χ1v) is 7.39. The predicted molar refractivity (Wildman–Crippen MR) is 86.1 cm³/mol. The van der Waals surface area contributed by atoms with Crippen LogP contribution in [0.4, 0.5) is 0 Å². The minimum atomic E-state index is -0.661. The highest BCUT2D eigenvalue weighted by molar-refractivity contribution is 6.69. The number of benzene rings is 1. The predicted octanol–water partition coefficient (Wildman–Crippen LogP) is 2.82. The van der Waals surface area contributed by atoms with Gasteiger partial charge in [0.25, 0.3) is 0 Å². The molecule has 1 N–H and O–H groups in total. The van der Waals surface area contributed by atoms with E-state index in [1.54, 1.807) is 6.92 Å². The fraction of sp³-hybridized carbons (Fsp3) is 0.471. The molecular formula is C17H22N2O3.